The molecule has 2 rings (SSSR count). The second kappa shape index (κ2) is 8.48. The molecule has 0 spiro atoms. The van der Waals surface area contributed by atoms with Crippen LogP contribution in [0.4, 0.5) is 0 Å². The van der Waals surface area contributed by atoms with Crippen LogP contribution < -0.4 is 5.32 Å². The third-order valence-electron chi connectivity index (χ3n) is 4.22. The molecule has 132 valence electrons. The van der Waals surface area contributed by atoms with Gasteiger partial charge in [0, 0.05) is 25.2 Å². The second-order valence-electron chi connectivity index (χ2n) is 6.81. The summed E-state index contributed by atoms with van der Waals surface area (Å²) in [6.07, 6.45) is 1.13. The quantitative estimate of drug-likeness (QED) is 0.842. The summed E-state index contributed by atoms with van der Waals surface area (Å²) in [5.41, 5.74) is 4.87. The molecule has 0 aliphatic rings. The number of nitriles is 1. The molecule has 1 N–H and O–H groups in total. The number of hydrogen-bond donors (Lipinski definition) is 1. The van der Waals surface area contributed by atoms with Gasteiger partial charge >= 0.3 is 0 Å². The number of nitrogens with zero attached hydrogens (tertiary/aromatic N) is 3. The van der Waals surface area contributed by atoms with Gasteiger partial charge in [0.1, 0.15) is 0 Å². The Hall–Kier alpha value is -2.61. The summed E-state index contributed by atoms with van der Waals surface area (Å²) in [4.78, 5) is 12.1. The molecule has 0 atom stereocenters. The van der Waals surface area contributed by atoms with Gasteiger partial charge in [-0.05, 0) is 49.4 Å². The number of aryl methyl sites for hydroxylation is 1. The molecule has 1 amide bonds. The van der Waals surface area contributed by atoms with Crippen molar-refractivity contribution in [1.82, 2.24) is 15.1 Å². The molecule has 0 fully saturated rings. The minimum absolute atomic E-state index is 0.0118. The summed E-state index contributed by atoms with van der Waals surface area (Å²) in [6.45, 7) is 9.76. The van der Waals surface area contributed by atoms with Crippen molar-refractivity contribution < 1.29 is 4.79 Å². The van der Waals surface area contributed by atoms with Crippen molar-refractivity contribution in [2.45, 2.75) is 53.6 Å². The lowest BCUT2D eigenvalue weighted by atomic mass is 10.1. The summed E-state index contributed by atoms with van der Waals surface area (Å²) in [6, 6.07) is 9.40. The van der Waals surface area contributed by atoms with E-state index in [0.717, 1.165) is 23.5 Å². The van der Waals surface area contributed by atoms with Gasteiger partial charge in [-0.2, -0.15) is 10.4 Å². The van der Waals surface area contributed by atoms with Crippen LogP contribution in [0, 0.1) is 31.1 Å². The largest absolute Gasteiger partial charge is 0.352 e. The maximum atomic E-state index is 12.1. The number of benzene rings is 1. The highest BCUT2D eigenvalue weighted by Gasteiger charge is 2.13. The lowest BCUT2D eigenvalue weighted by Gasteiger charge is -2.08. The Labute approximate surface area is 149 Å². The van der Waals surface area contributed by atoms with Crippen molar-refractivity contribution in [3.8, 4) is 6.07 Å². The van der Waals surface area contributed by atoms with E-state index in [9.17, 15) is 4.79 Å². The first-order valence-corrected chi connectivity index (χ1v) is 8.69. The SMILES string of the molecule is Cc1nn(CC(C)C)c(C)c1CCC(=O)NCc1cccc(C#N)c1. The first-order valence-electron chi connectivity index (χ1n) is 8.69. The molecule has 5 heteroatoms. The van der Waals surface area contributed by atoms with E-state index >= 15 is 0 Å². The van der Waals surface area contributed by atoms with E-state index in [4.69, 9.17) is 5.26 Å². The Morgan fingerprint density at radius 2 is 2.12 bits per heavy atom. The van der Waals surface area contributed by atoms with E-state index in [1.54, 1.807) is 12.1 Å². The third-order valence-corrected chi connectivity index (χ3v) is 4.22. The normalized spacial score (nSPS) is 10.7. The molecular formula is C20H26N4O. The van der Waals surface area contributed by atoms with Crippen molar-refractivity contribution in [3.63, 3.8) is 0 Å². The van der Waals surface area contributed by atoms with Crippen molar-refractivity contribution in [1.29, 1.82) is 5.26 Å². The number of hydrogen-bond acceptors (Lipinski definition) is 3. The zero-order chi connectivity index (χ0) is 18.4. The van der Waals surface area contributed by atoms with Gasteiger partial charge in [0.25, 0.3) is 0 Å². The van der Waals surface area contributed by atoms with Crippen molar-refractivity contribution in [2.75, 3.05) is 0 Å². The Bertz CT molecular complexity index is 783. The first-order chi connectivity index (χ1) is 11.9. The summed E-state index contributed by atoms with van der Waals surface area (Å²) >= 11 is 0. The van der Waals surface area contributed by atoms with Crippen LogP contribution in [0.3, 0.4) is 0 Å². The Morgan fingerprint density at radius 1 is 1.36 bits per heavy atom. The summed E-state index contributed by atoms with van der Waals surface area (Å²) in [5, 5.41) is 16.4. The van der Waals surface area contributed by atoms with Crippen molar-refractivity contribution >= 4 is 5.91 Å². The van der Waals surface area contributed by atoms with Crippen LogP contribution in [0.1, 0.15) is 48.3 Å². The Kier molecular flexibility index (Phi) is 6.35. The average molecular weight is 338 g/mol. The van der Waals surface area contributed by atoms with E-state index in [2.05, 4.69) is 37.3 Å². The summed E-state index contributed by atoms with van der Waals surface area (Å²) in [7, 11) is 0. The summed E-state index contributed by atoms with van der Waals surface area (Å²) in [5.74, 6) is 0.552. The monoisotopic (exact) mass is 338 g/mol. The van der Waals surface area contributed by atoms with E-state index in [-0.39, 0.29) is 5.91 Å². The van der Waals surface area contributed by atoms with Crippen LogP contribution in [-0.4, -0.2) is 15.7 Å². The number of amides is 1. The Balaban J connectivity index is 1.90. The predicted molar refractivity (Wildman–Crippen MR) is 97.9 cm³/mol. The van der Waals surface area contributed by atoms with Gasteiger partial charge in [-0.25, -0.2) is 0 Å². The van der Waals surface area contributed by atoms with Gasteiger partial charge in [-0.15, -0.1) is 0 Å². The average Bonchev–Trinajstić information content (AvgIpc) is 2.84. The molecule has 25 heavy (non-hydrogen) atoms. The topological polar surface area (TPSA) is 70.7 Å². The van der Waals surface area contributed by atoms with Crippen LogP contribution in [-0.2, 0) is 24.3 Å². The number of rotatable bonds is 7. The van der Waals surface area contributed by atoms with E-state index in [0.29, 0.717) is 30.9 Å². The zero-order valence-electron chi connectivity index (χ0n) is 15.5. The molecule has 5 nitrogen and oxygen atoms in total. The number of carbonyl (C=O) groups is 1. The minimum Gasteiger partial charge on any atom is -0.352 e. The molecule has 0 unspecified atom stereocenters. The van der Waals surface area contributed by atoms with Crippen LogP contribution in [0.25, 0.3) is 0 Å². The van der Waals surface area contributed by atoms with Crippen LogP contribution in [0.2, 0.25) is 0 Å². The van der Waals surface area contributed by atoms with E-state index in [1.165, 1.54) is 5.56 Å². The molecule has 1 aromatic heterocycles. The molecule has 0 aliphatic carbocycles. The number of aromatic nitrogens is 2. The third kappa shape index (κ3) is 5.18. The molecular weight excluding hydrogens is 312 g/mol. The highest BCUT2D eigenvalue weighted by Crippen LogP contribution is 2.16. The van der Waals surface area contributed by atoms with Crippen LogP contribution in [0.15, 0.2) is 24.3 Å². The number of nitrogens with one attached hydrogen (secondary N) is 1. The lowest BCUT2D eigenvalue weighted by molar-refractivity contribution is -0.121. The standard InChI is InChI=1S/C20H26N4O/c1-14(2)13-24-16(4)19(15(3)23-24)8-9-20(25)22-12-18-7-5-6-17(10-18)11-21/h5-7,10,14H,8-9,12-13H2,1-4H3,(H,22,25). The molecule has 0 radical (unpaired) electrons. The van der Waals surface area contributed by atoms with Crippen molar-refractivity contribution in [2.24, 2.45) is 5.92 Å². The highest BCUT2D eigenvalue weighted by molar-refractivity contribution is 5.76. The van der Waals surface area contributed by atoms with Crippen molar-refractivity contribution in [3.05, 3.63) is 52.3 Å². The van der Waals surface area contributed by atoms with E-state index in [1.807, 2.05) is 23.7 Å². The minimum atomic E-state index is 0.0118. The molecule has 0 aliphatic heterocycles. The zero-order valence-corrected chi connectivity index (χ0v) is 15.5. The molecule has 0 bridgehead atoms. The fourth-order valence-electron chi connectivity index (χ4n) is 2.90. The van der Waals surface area contributed by atoms with Gasteiger partial charge in [0.05, 0.1) is 17.3 Å². The molecule has 2 aromatic rings. The molecule has 1 heterocycles. The molecule has 0 saturated carbocycles. The fraction of sp³-hybridized carbons (Fsp3) is 0.450. The Morgan fingerprint density at radius 3 is 2.80 bits per heavy atom. The fourth-order valence-corrected chi connectivity index (χ4v) is 2.90. The first kappa shape index (κ1) is 18.7. The predicted octanol–water partition coefficient (Wildman–Crippen LogP) is 3.28. The smallest absolute Gasteiger partial charge is 0.220 e. The lowest BCUT2D eigenvalue weighted by Crippen LogP contribution is -2.23. The molecule has 1 aromatic carbocycles. The maximum absolute atomic E-state index is 12.1. The summed E-state index contributed by atoms with van der Waals surface area (Å²) < 4.78 is 2.04. The maximum Gasteiger partial charge on any atom is 0.220 e. The van der Waals surface area contributed by atoms with Gasteiger partial charge in [-0.3, -0.25) is 9.48 Å². The number of carbonyl (C=O) groups excluding carboxylic acids is 1. The second-order valence-corrected chi connectivity index (χ2v) is 6.81. The molecule has 0 saturated heterocycles. The highest BCUT2D eigenvalue weighted by atomic mass is 16.1. The van der Waals surface area contributed by atoms with Gasteiger partial charge in [-0.1, -0.05) is 26.0 Å². The van der Waals surface area contributed by atoms with Gasteiger partial charge < -0.3 is 5.32 Å². The van der Waals surface area contributed by atoms with E-state index < -0.39 is 0 Å². The van der Waals surface area contributed by atoms with Crippen LogP contribution >= 0.6 is 0 Å². The van der Waals surface area contributed by atoms with Gasteiger partial charge in [0.2, 0.25) is 5.91 Å². The van der Waals surface area contributed by atoms with Crippen LogP contribution in [0.5, 0.6) is 0 Å². The van der Waals surface area contributed by atoms with Gasteiger partial charge in [0.15, 0.2) is 0 Å².